The highest BCUT2D eigenvalue weighted by Crippen LogP contribution is 2.27. The molecule has 0 aliphatic carbocycles. The van der Waals surface area contributed by atoms with E-state index in [0.29, 0.717) is 19.5 Å². The van der Waals surface area contributed by atoms with E-state index in [2.05, 4.69) is 5.32 Å². The summed E-state index contributed by atoms with van der Waals surface area (Å²) in [7, 11) is 0. The smallest absolute Gasteiger partial charge is 0.239 e. The first-order chi connectivity index (χ1) is 9.13. The van der Waals surface area contributed by atoms with Gasteiger partial charge in [0.15, 0.2) is 0 Å². The van der Waals surface area contributed by atoms with Crippen molar-refractivity contribution in [1.82, 2.24) is 5.32 Å². The summed E-state index contributed by atoms with van der Waals surface area (Å²) >= 11 is 0. The first-order valence-corrected chi connectivity index (χ1v) is 6.92. The van der Waals surface area contributed by atoms with Crippen LogP contribution in [-0.2, 0) is 4.79 Å². The molecule has 4 nitrogen and oxygen atoms in total. The number of amides is 1. The molecule has 1 aromatic carbocycles. The topological polar surface area (TPSA) is 52.6 Å². The van der Waals surface area contributed by atoms with E-state index >= 15 is 0 Å². The quantitative estimate of drug-likeness (QED) is 0.793. The molecule has 0 aliphatic heterocycles. The van der Waals surface area contributed by atoms with E-state index in [4.69, 9.17) is 0 Å². The molecular weight excluding hydrogens is 240 g/mol. The SMILES string of the molecule is CCNC(=O)CN(CC)c1ccccc1C(O)CC. The molecule has 19 heavy (non-hydrogen) atoms. The van der Waals surface area contributed by atoms with Crippen LogP contribution in [0.4, 0.5) is 5.69 Å². The van der Waals surface area contributed by atoms with Gasteiger partial charge in [0.25, 0.3) is 0 Å². The fourth-order valence-electron chi connectivity index (χ4n) is 2.07. The van der Waals surface area contributed by atoms with Crippen molar-refractivity contribution in [2.75, 3.05) is 24.5 Å². The third kappa shape index (κ3) is 4.24. The zero-order valence-corrected chi connectivity index (χ0v) is 12.0. The predicted molar refractivity (Wildman–Crippen MR) is 78.3 cm³/mol. The molecule has 2 N–H and O–H groups in total. The average Bonchev–Trinajstić information content (AvgIpc) is 2.44. The van der Waals surface area contributed by atoms with Gasteiger partial charge in [-0.15, -0.1) is 0 Å². The Morgan fingerprint density at radius 2 is 2.00 bits per heavy atom. The van der Waals surface area contributed by atoms with Gasteiger partial charge in [-0.1, -0.05) is 25.1 Å². The maximum atomic E-state index is 11.7. The number of benzene rings is 1. The Bertz CT molecular complexity index is 407. The van der Waals surface area contributed by atoms with Crippen molar-refractivity contribution < 1.29 is 9.90 Å². The van der Waals surface area contributed by atoms with Crippen molar-refractivity contribution in [3.63, 3.8) is 0 Å². The minimum absolute atomic E-state index is 0.00476. The number of hydrogen-bond acceptors (Lipinski definition) is 3. The molecule has 0 bridgehead atoms. The summed E-state index contributed by atoms with van der Waals surface area (Å²) in [4.78, 5) is 13.7. The highest BCUT2D eigenvalue weighted by Gasteiger charge is 2.16. The Kier molecular flexibility index (Phi) is 6.36. The lowest BCUT2D eigenvalue weighted by Gasteiger charge is -2.26. The lowest BCUT2D eigenvalue weighted by Crippen LogP contribution is -2.37. The predicted octanol–water partition coefficient (Wildman–Crippen LogP) is 2.09. The van der Waals surface area contributed by atoms with Crippen molar-refractivity contribution in [2.45, 2.75) is 33.3 Å². The summed E-state index contributed by atoms with van der Waals surface area (Å²) in [5.41, 5.74) is 1.82. The molecule has 1 aromatic rings. The van der Waals surface area contributed by atoms with Gasteiger partial charge in [0, 0.05) is 24.3 Å². The molecule has 0 aliphatic rings. The van der Waals surface area contributed by atoms with Crippen LogP contribution in [-0.4, -0.2) is 30.6 Å². The Balaban J connectivity index is 2.94. The van der Waals surface area contributed by atoms with Gasteiger partial charge in [-0.05, 0) is 26.3 Å². The largest absolute Gasteiger partial charge is 0.388 e. The summed E-state index contributed by atoms with van der Waals surface area (Å²) in [6, 6.07) is 7.72. The van der Waals surface area contributed by atoms with Gasteiger partial charge in [-0.2, -0.15) is 0 Å². The van der Waals surface area contributed by atoms with Crippen LogP contribution in [0.3, 0.4) is 0 Å². The second-order valence-corrected chi connectivity index (χ2v) is 4.45. The third-order valence-corrected chi connectivity index (χ3v) is 3.11. The third-order valence-electron chi connectivity index (χ3n) is 3.11. The minimum atomic E-state index is -0.487. The zero-order valence-electron chi connectivity index (χ0n) is 12.0. The van der Waals surface area contributed by atoms with Gasteiger partial charge in [-0.3, -0.25) is 4.79 Å². The van der Waals surface area contributed by atoms with Gasteiger partial charge in [-0.25, -0.2) is 0 Å². The van der Waals surface area contributed by atoms with Crippen LogP contribution in [0.2, 0.25) is 0 Å². The molecule has 0 spiro atoms. The number of nitrogens with zero attached hydrogens (tertiary/aromatic N) is 1. The maximum absolute atomic E-state index is 11.7. The first kappa shape index (κ1) is 15.5. The molecule has 1 unspecified atom stereocenters. The van der Waals surface area contributed by atoms with Crippen molar-refractivity contribution in [3.8, 4) is 0 Å². The van der Waals surface area contributed by atoms with Gasteiger partial charge in [0.05, 0.1) is 12.6 Å². The maximum Gasteiger partial charge on any atom is 0.239 e. The van der Waals surface area contributed by atoms with E-state index in [1.54, 1.807) is 0 Å². The zero-order chi connectivity index (χ0) is 14.3. The van der Waals surface area contributed by atoms with Crippen LogP contribution in [0.15, 0.2) is 24.3 Å². The van der Waals surface area contributed by atoms with Gasteiger partial charge < -0.3 is 15.3 Å². The summed E-state index contributed by atoms with van der Waals surface area (Å²) < 4.78 is 0. The molecule has 106 valence electrons. The monoisotopic (exact) mass is 264 g/mol. The van der Waals surface area contributed by atoms with Gasteiger partial charge in [0.2, 0.25) is 5.91 Å². The lowest BCUT2D eigenvalue weighted by atomic mass is 10.0. The van der Waals surface area contributed by atoms with E-state index in [0.717, 1.165) is 17.8 Å². The summed E-state index contributed by atoms with van der Waals surface area (Å²) in [5.74, 6) is 0.00476. The molecule has 0 fully saturated rings. The second-order valence-electron chi connectivity index (χ2n) is 4.45. The van der Waals surface area contributed by atoms with Crippen molar-refractivity contribution in [2.24, 2.45) is 0 Å². The summed E-state index contributed by atoms with van der Waals surface area (Å²) in [6.07, 6.45) is 0.176. The molecule has 0 radical (unpaired) electrons. The van der Waals surface area contributed by atoms with E-state index in [1.807, 2.05) is 49.9 Å². The first-order valence-electron chi connectivity index (χ1n) is 6.92. The Labute approximate surface area is 115 Å². The molecule has 0 heterocycles. The van der Waals surface area contributed by atoms with Crippen LogP contribution in [0, 0.1) is 0 Å². The number of anilines is 1. The van der Waals surface area contributed by atoms with E-state index in [9.17, 15) is 9.90 Å². The van der Waals surface area contributed by atoms with Crippen molar-refractivity contribution >= 4 is 11.6 Å². The van der Waals surface area contributed by atoms with Crippen LogP contribution >= 0.6 is 0 Å². The highest BCUT2D eigenvalue weighted by molar-refractivity contribution is 5.81. The fraction of sp³-hybridized carbons (Fsp3) is 0.533. The molecule has 1 rings (SSSR count). The van der Waals surface area contributed by atoms with Gasteiger partial charge >= 0.3 is 0 Å². The highest BCUT2D eigenvalue weighted by atomic mass is 16.3. The molecule has 0 saturated carbocycles. The van der Waals surface area contributed by atoms with Gasteiger partial charge in [0.1, 0.15) is 0 Å². The summed E-state index contributed by atoms with van der Waals surface area (Å²) in [6.45, 7) is 7.54. The lowest BCUT2D eigenvalue weighted by molar-refractivity contribution is -0.119. The number of carbonyl (C=O) groups is 1. The molecule has 4 heteroatoms. The standard InChI is InChI=1S/C15H24N2O2/c1-4-14(18)12-9-7-8-10-13(12)17(6-3)11-15(19)16-5-2/h7-10,14,18H,4-6,11H2,1-3H3,(H,16,19). The number of carbonyl (C=O) groups excluding carboxylic acids is 1. The second kappa shape index (κ2) is 7.79. The van der Waals surface area contributed by atoms with Crippen LogP contribution in [0.25, 0.3) is 0 Å². The summed E-state index contributed by atoms with van der Waals surface area (Å²) in [5, 5.41) is 12.9. The molecule has 0 aromatic heterocycles. The Hall–Kier alpha value is -1.55. The molecule has 1 atom stereocenters. The minimum Gasteiger partial charge on any atom is -0.388 e. The Morgan fingerprint density at radius 1 is 1.32 bits per heavy atom. The Morgan fingerprint density at radius 3 is 2.58 bits per heavy atom. The van der Waals surface area contributed by atoms with Crippen molar-refractivity contribution in [1.29, 1.82) is 0 Å². The number of aliphatic hydroxyl groups excluding tert-OH is 1. The number of likely N-dealkylation sites (N-methyl/N-ethyl adjacent to an activating group) is 2. The average molecular weight is 264 g/mol. The van der Waals surface area contributed by atoms with E-state index < -0.39 is 6.10 Å². The number of hydrogen-bond donors (Lipinski definition) is 2. The molecule has 0 saturated heterocycles. The molecule has 1 amide bonds. The fourth-order valence-corrected chi connectivity index (χ4v) is 2.07. The number of para-hydroxylation sites is 1. The number of aliphatic hydroxyl groups is 1. The number of nitrogens with one attached hydrogen (secondary N) is 1. The van der Waals surface area contributed by atoms with Crippen LogP contribution in [0.5, 0.6) is 0 Å². The van der Waals surface area contributed by atoms with Crippen LogP contribution < -0.4 is 10.2 Å². The van der Waals surface area contributed by atoms with E-state index in [-0.39, 0.29) is 5.91 Å². The normalized spacial score (nSPS) is 12.0. The van der Waals surface area contributed by atoms with E-state index in [1.165, 1.54) is 0 Å². The van der Waals surface area contributed by atoms with Crippen LogP contribution in [0.1, 0.15) is 38.9 Å². The number of rotatable bonds is 7. The molecular formula is C15H24N2O2. The van der Waals surface area contributed by atoms with Crippen molar-refractivity contribution in [3.05, 3.63) is 29.8 Å².